The van der Waals surface area contributed by atoms with Gasteiger partial charge < -0.3 is 5.32 Å². The van der Waals surface area contributed by atoms with Crippen molar-refractivity contribution in [2.24, 2.45) is 0 Å². The van der Waals surface area contributed by atoms with Crippen molar-refractivity contribution >= 4 is 5.82 Å². The molecule has 1 N–H and O–H groups in total. The molecule has 4 nitrogen and oxygen atoms in total. The molecule has 2 aromatic rings. The van der Waals surface area contributed by atoms with Crippen molar-refractivity contribution in [1.29, 1.82) is 0 Å². The number of rotatable bonds is 6. The number of hydrogen-bond donors (Lipinski definition) is 1. The Morgan fingerprint density at radius 1 is 1.16 bits per heavy atom. The third-order valence-electron chi connectivity index (χ3n) is 2.98. The predicted octanol–water partition coefficient (Wildman–Crippen LogP) is 3.04. The largest absolute Gasteiger partial charge is 0.370 e. The second kappa shape index (κ2) is 6.83. The van der Waals surface area contributed by atoms with Gasteiger partial charge in [0.05, 0.1) is 0 Å². The van der Waals surface area contributed by atoms with Crippen LogP contribution in [0.2, 0.25) is 0 Å². The highest BCUT2D eigenvalue weighted by molar-refractivity contribution is 5.35. The zero-order valence-electron chi connectivity index (χ0n) is 11.5. The Kier molecular flexibility index (Phi) is 4.84. The molecule has 0 aliphatic carbocycles. The van der Waals surface area contributed by atoms with E-state index in [-0.39, 0.29) is 0 Å². The van der Waals surface area contributed by atoms with Gasteiger partial charge in [-0.05, 0) is 36.5 Å². The average Bonchev–Trinajstić information content (AvgIpc) is 2.45. The lowest BCUT2D eigenvalue weighted by molar-refractivity contribution is 0.809. The summed E-state index contributed by atoms with van der Waals surface area (Å²) < 4.78 is 0. The Labute approximate surface area is 114 Å². The van der Waals surface area contributed by atoms with E-state index in [2.05, 4.69) is 46.2 Å². The van der Waals surface area contributed by atoms with E-state index in [0.29, 0.717) is 5.92 Å². The van der Waals surface area contributed by atoms with Gasteiger partial charge in [0.1, 0.15) is 12.1 Å². The van der Waals surface area contributed by atoms with E-state index >= 15 is 0 Å². The Morgan fingerprint density at radius 3 is 2.68 bits per heavy atom. The van der Waals surface area contributed by atoms with E-state index < -0.39 is 0 Å². The molecule has 0 saturated carbocycles. The van der Waals surface area contributed by atoms with Crippen LogP contribution in [0.4, 0.5) is 5.82 Å². The number of nitrogens with one attached hydrogen (secondary N) is 1. The standard InChI is InChI=1S/C15H20N4/c1-12(2)14-10-15(19-11-18-14)17-7-3-4-13-5-8-16-9-6-13/h5-6,8-12H,3-4,7H2,1-2H3,(H,17,18,19). The average molecular weight is 256 g/mol. The summed E-state index contributed by atoms with van der Waals surface area (Å²) in [5.41, 5.74) is 2.40. The van der Waals surface area contributed by atoms with Crippen molar-refractivity contribution in [2.45, 2.75) is 32.6 Å². The van der Waals surface area contributed by atoms with Crippen LogP contribution in [-0.4, -0.2) is 21.5 Å². The van der Waals surface area contributed by atoms with Crippen LogP contribution in [0, 0.1) is 0 Å². The number of hydrogen-bond acceptors (Lipinski definition) is 4. The molecule has 2 aromatic heterocycles. The van der Waals surface area contributed by atoms with Crippen LogP contribution in [0.1, 0.15) is 37.4 Å². The van der Waals surface area contributed by atoms with Crippen molar-refractivity contribution in [2.75, 3.05) is 11.9 Å². The van der Waals surface area contributed by atoms with Gasteiger partial charge in [-0.2, -0.15) is 0 Å². The molecule has 2 rings (SSSR count). The summed E-state index contributed by atoms with van der Waals surface area (Å²) in [7, 11) is 0. The van der Waals surface area contributed by atoms with E-state index in [9.17, 15) is 0 Å². The van der Waals surface area contributed by atoms with E-state index in [4.69, 9.17) is 0 Å². The van der Waals surface area contributed by atoms with Gasteiger partial charge in [0, 0.05) is 30.7 Å². The number of aryl methyl sites for hydroxylation is 1. The summed E-state index contributed by atoms with van der Waals surface area (Å²) >= 11 is 0. The molecule has 0 fully saturated rings. The maximum Gasteiger partial charge on any atom is 0.129 e. The van der Waals surface area contributed by atoms with E-state index in [1.165, 1.54) is 5.56 Å². The molecule has 4 heteroatoms. The zero-order valence-corrected chi connectivity index (χ0v) is 11.5. The van der Waals surface area contributed by atoms with Gasteiger partial charge in [0.15, 0.2) is 0 Å². The number of anilines is 1. The molecule has 0 saturated heterocycles. The zero-order chi connectivity index (χ0) is 13.5. The molecule has 0 aliphatic rings. The molecule has 0 amide bonds. The first-order valence-corrected chi connectivity index (χ1v) is 6.70. The van der Waals surface area contributed by atoms with Gasteiger partial charge in [-0.25, -0.2) is 9.97 Å². The Bertz CT molecular complexity index is 497. The first kappa shape index (κ1) is 13.5. The normalized spacial score (nSPS) is 10.7. The summed E-state index contributed by atoms with van der Waals surface area (Å²) in [4.78, 5) is 12.5. The molecule has 0 spiro atoms. The van der Waals surface area contributed by atoms with Crippen molar-refractivity contribution in [3.05, 3.63) is 48.2 Å². The molecule has 0 aliphatic heterocycles. The molecule has 2 heterocycles. The first-order chi connectivity index (χ1) is 9.25. The van der Waals surface area contributed by atoms with Crippen LogP contribution in [0.25, 0.3) is 0 Å². The summed E-state index contributed by atoms with van der Waals surface area (Å²) in [6.45, 7) is 5.18. The molecule has 0 bridgehead atoms. The van der Waals surface area contributed by atoms with Crippen molar-refractivity contribution in [3.63, 3.8) is 0 Å². The fourth-order valence-electron chi connectivity index (χ4n) is 1.84. The number of pyridine rings is 1. The van der Waals surface area contributed by atoms with Crippen molar-refractivity contribution in [3.8, 4) is 0 Å². The van der Waals surface area contributed by atoms with Crippen LogP contribution in [0.3, 0.4) is 0 Å². The Balaban J connectivity index is 1.78. The van der Waals surface area contributed by atoms with E-state index in [1.807, 2.05) is 18.5 Å². The third kappa shape index (κ3) is 4.32. The van der Waals surface area contributed by atoms with Gasteiger partial charge >= 0.3 is 0 Å². The van der Waals surface area contributed by atoms with E-state index in [0.717, 1.165) is 30.9 Å². The molecule has 0 aromatic carbocycles. The number of nitrogens with zero attached hydrogens (tertiary/aromatic N) is 3. The molecule has 19 heavy (non-hydrogen) atoms. The first-order valence-electron chi connectivity index (χ1n) is 6.70. The fourth-order valence-corrected chi connectivity index (χ4v) is 1.84. The van der Waals surface area contributed by atoms with Gasteiger partial charge in [0.25, 0.3) is 0 Å². The van der Waals surface area contributed by atoms with Gasteiger partial charge in [-0.1, -0.05) is 13.8 Å². The maximum atomic E-state index is 4.26. The quantitative estimate of drug-likeness (QED) is 0.807. The van der Waals surface area contributed by atoms with Gasteiger partial charge in [0.2, 0.25) is 0 Å². The second-order valence-corrected chi connectivity index (χ2v) is 4.87. The lowest BCUT2D eigenvalue weighted by Gasteiger charge is -2.08. The van der Waals surface area contributed by atoms with Gasteiger partial charge in [-0.3, -0.25) is 4.98 Å². The predicted molar refractivity (Wildman–Crippen MR) is 77.2 cm³/mol. The summed E-state index contributed by atoms with van der Waals surface area (Å²) in [6.07, 6.45) is 7.42. The SMILES string of the molecule is CC(C)c1cc(NCCCc2ccncc2)ncn1. The smallest absolute Gasteiger partial charge is 0.129 e. The van der Waals surface area contributed by atoms with Crippen LogP contribution in [0.15, 0.2) is 36.9 Å². The van der Waals surface area contributed by atoms with Crippen molar-refractivity contribution < 1.29 is 0 Å². The molecular formula is C15H20N4. The summed E-state index contributed by atoms with van der Waals surface area (Å²) in [5, 5.41) is 3.34. The lowest BCUT2D eigenvalue weighted by Crippen LogP contribution is -2.06. The van der Waals surface area contributed by atoms with Crippen LogP contribution < -0.4 is 5.32 Å². The minimum Gasteiger partial charge on any atom is -0.370 e. The highest BCUT2D eigenvalue weighted by Crippen LogP contribution is 2.13. The van der Waals surface area contributed by atoms with Crippen LogP contribution in [0.5, 0.6) is 0 Å². The Morgan fingerprint density at radius 2 is 1.95 bits per heavy atom. The van der Waals surface area contributed by atoms with Crippen molar-refractivity contribution in [1.82, 2.24) is 15.0 Å². The topological polar surface area (TPSA) is 50.7 Å². The number of aromatic nitrogens is 3. The summed E-state index contributed by atoms with van der Waals surface area (Å²) in [5.74, 6) is 1.34. The Hall–Kier alpha value is -1.97. The molecular weight excluding hydrogens is 236 g/mol. The minimum absolute atomic E-state index is 0.431. The summed E-state index contributed by atoms with van der Waals surface area (Å²) in [6, 6.07) is 6.14. The van der Waals surface area contributed by atoms with E-state index in [1.54, 1.807) is 6.33 Å². The maximum absolute atomic E-state index is 4.26. The van der Waals surface area contributed by atoms with Crippen LogP contribution in [-0.2, 0) is 6.42 Å². The highest BCUT2D eigenvalue weighted by Gasteiger charge is 2.02. The molecule has 0 radical (unpaired) electrons. The van der Waals surface area contributed by atoms with Crippen LogP contribution >= 0.6 is 0 Å². The third-order valence-corrected chi connectivity index (χ3v) is 2.98. The monoisotopic (exact) mass is 256 g/mol. The molecule has 0 unspecified atom stereocenters. The molecule has 0 atom stereocenters. The molecule has 100 valence electrons. The van der Waals surface area contributed by atoms with Gasteiger partial charge in [-0.15, -0.1) is 0 Å². The lowest BCUT2D eigenvalue weighted by atomic mass is 10.1. The second-order valence-electron chi connectivity index (χ2n) is 4.87. The highest BCUT2D eigenvalue weighted by atomic mass is 15.0. The minimum atomic E-state index is 0.431. The fraction of sp³-hybridized carbons (Fsp3) is 0.400.